The van der Waals surface area contributed by atoms with Crippen LogP contribution < -0.4 is 5.32 Å². The number of amides is 1. The summed E-state index contributed by atoms with van der Waals surface area (Å²) in [7, 11) is 0. The molecule has 1 amide bonds. The van der Waals surface area contributed by atoms with E-state index in [4.69, 9.17) is 0 Å². The summed E-state index contributed by atoms with van der Waals surface area (Å²) in [4.78, 5) is 15.9. The molecular weight excluding hydrogens is 226 g/mol. The third kappa shape index (κ3) is 2.77. The molecule has 2 rings (SSSR count). The van der Waals surface area contributed by atoms with Crippen LogP contribution in [0.15, 0.2) is 36.0 Å². The Labute approximate surface area is 106 Å². The standard InChI is InChI=1S/C14H17N3O/c1-10(2)7-14(18)15-8-12-9-17-11(3)5-4-6-13(17)16-12/h4-7,9H,8H2,1-3H3,(H,15,18). The van der Waals surface area contributed by atoms with Crippen LogP contribution in [0.2, 0.25) is 0 Å². The van der Waals surface area contributed by atoms with Gasteiger partial charge in [0.1, 0.15) is 5.65 Å². The maximum Gasteiger partial charge on any atom is 0.244 e. The predicted molar refractivity (Wildman–Crippen MR) is 71.2 cm³/mol. The largest absolute Gasteiger partial charge is 0.347 e. The molecule has 0 radical (unpaired) electrons. The zero-order valence-electron chi connectivity index (χ0n) is 10.9. The fraction of sp³-hybridized carbons (Fsp3) is 0.286. The van der Waals surface area contributed by atoms with Gasteiger partial charge in [0.2, 0.25) is 5.91 Å². The van der Waals surface area contributed by atoms with Gasteiger partial charge in [0.15, 0.2) is 0 Å². The van der Waals surface area contributed by atoms with Crippen LogP contribution in [0.1, 0.15) is 25.2 Å². The van der Waals surface area contributed by atoms with Gasteiger partial charge in [0, 0.05) is 18.0 Å². The molecular formula is C14H17N3O. The van der Waals surface area contributed by atoms with Crippen molar-refractivity contribution in [3.05, 3.63) is 47.4 Å². The first kappa shape index (κ1) is 12.4. The zero-order valence-corrected chi connectivity index (χ0v) is 10.9. The number of hydrogen-bond donors (Lipinski definition) is 1. The van der Waals surface area contributed by atoms with Gasteiger partial charge in [0.05, 0.1) is 12.2 Å². The normalized spacial score (nSPS) is 10.4. The first-order valence-electron chi connectivity index (χ1n) is 5.92. The van der Waals surface area contributed by atoms with Gasteiger partial charge in [-0.05, 0) is 32.9 Å². The molecule has 2 heterocycles. The van der Waals surface area contributed by atoms with Crippen molar-refractivity contribution in [2.24, 2.45) is 0 Å². The fourth-order valence-corrected chi connectivity index (χ4v) is 1.77. The quantitative estimate of drug-likeness (QED) is 0.840. The van der Waals surface area contributed by atoms with Crippen LogP contribution in [0.3, 0.4) is 0 Å². The number of imidazole rings is 1. The number of carbonyl (C=O) groups excluding carboxylic acids is 1. The summed E-state index contributed by atoms with van der Waals surface area (Å²) < 4.78 is 2.02. The molecule has 0 spiro atoms. The molecule has 0 aliphatic rings. The maximum absolute atomic E-state index is 11.5. The average molecular weight is 243 g/mol. The molecule has 0 fully saturated rings. The summed E-state index contributed by atoms with van der Waals surface area (Å²) in [6, 6.07) is 5.96. The minimum Gasteiger partial charge on any atom is -0.347 e. The minimum absolute atomic E-state index is 0.0798. The number of aromatic nitrogens is 2. The Hall–Kier alpha value is -2.10. The Morgan fingerprint density at radius 1 is 1.44 bits per heavy atom. The number of carbonyl (C=O) groups is 1. The second-order valence-corrected chi connectivity index (χ2v) is 4.57. The number of nitrogens with zero attached hydrogens (tertiary/aromatic N) is 2. The summed E-state index contributed by atoms with van der Waals surface area (Å²) in [5.74, 6) is -0.0798. The van der Waals surface area contributed by atoms with Gasteiger partial charge in [-0.3, -0.25) is 4.79 Å². The molecule has 0 unspecified atom stereocenters. The number of hydrogen-bond acceptors (Lipinski definition) is 2. The molecule has 0 aliphatic carbocycles. The van der Waals surface area contributed by atoms with Gasteiger partial charge in [-0.15, -0.1) is 0 Å². The highest BCUT2D eigenvalue weighted by molar-refractivity contribution is 5.87. The highest BCUT2D eigenvalue weighted by Gasteiger charge is 2.04. The van der Waals surface area contributed by atoms with Crippen molar-refractivity contribution >= 4 is 11.6 Å². The van der Waals surface area contributed by atoms with Crippen molar-refractivity contribution in [1.29, 1.82) is 0 Å². The van der Waals surface area contributed by atoms with Gasteiger partial charge < -0.3 is 9.72 Å². The number of aryl methyl sites for hydroxylation is 1. The highest BCUT2D eigenvalue weighted by atomic mass is 16.1. The summed E-state index contributed by atoms with van der Waals surface area (Å²) in [6.45, 7) is 6.27. The lowest BCUT2D eigenvalue weighted by Gasteiger charge is -1.98. The third-order valence-electron chi connectivity index (χ3n) is 2.61. The molecule has 0 atom stereocenters. The lowest BCUT2D eigenvalue weighted by Crippen LogP contribution is -2.20. The van der Waals surface area contributed by atoms with Gasteiger partial charge in [0.25, 0.3) is 0 Å². The molecule has 18 heavy (non-hydrogen) atoms. The Morgan fingerprint density at radius 3 is 2.89 bits per heavy atom. The van der Waals surface area contributed by atoms with E-state index in [0.717, 1.165) is 22.6 Å². The van der Waals surface area contributed by atoms with Crippen molar-refractivity contribution in [2.45, 2.75) is 27.3 Å². The maximum atomic E-state index is 11.5. The van der Waals surface area contributed by atoms with Crippen molar-refractivity contribution < 1.29 is 4.79 Å². The Balaban J connectivity index is 2.11. The minimum atomic E-state index is -0.0798. The number of allylic oxidation sites excluding steroid dienone is 1. The van der Waals surface area contributed by atoms with E-state index >= 15 is 0 Å². The number of nitrogens with one attached hydrogen (secondary N) is 1. The van der Waals surface area contributed by atoms with E-state index in [1.54, 1.807) is 6.08 Å². The molecule has 1 N–H and O–H groups in total. The van der Waals surface area contributed by atoms with E-state index in [-0.39, 0.29) is 5.91 Å². The van der Waals surface area contributed by atoms with Crippen molar-refractivity contribution in [3.8, 4) is 0 Å². The molecule has 4 heteroatoms. The summed E-state index contributed by atoms with van der Waals surface area (Å²) >= 11 is 0. The van der Waals surface area contributed by atoms with Gasteiger partial charge in [-0.2, -0.15) is 0 Å². The van der Waals surface area contributed by atoms with Gasteiger partial charge in [-0.1, -0.05) is 11.6 Å². The molecule has 0 aliphatic heterocycles. The lowest BCUT2D eigenvalue weighted by atomic mass is 10.3. The van der Waals surface area contributed by atoms with E-state index in [2.05, 4.69) is 10.3 Å². The average Bonchev–Trinajstić information content (AvgIpc) is 2.70. The molecule has 0 saturated carbocycles. The van der Waals surface area contributed by atoms with E-state index in [9.17, 15) is 4.79 Å². The van der Waals surface area contributed by atoms with Crippen molar-refractivity contribution in [1.82, 2.24) is 14.7 Å². The molecule has 2 aromatic rings. The number of rotatable bonds is 3. The van der Waals surface area contributed by atoms with Crippen LogP contribution in [-0.2, 0) is 11.3 Å². The Bertz CT molecular complexity index is 607. The van der Waals surface area contributed by atoms with Crippen LogP contribution >= 0.6 is 0 Å². The third-order valence-corrected chi connectivity index (χ3v) is 2.61. The number of pyridine rings is 1. The van der Waals surface area contributed by atoms with Crippen LogP contribution in [0.5, 0.6) is 0 Å². The lowest BCUT2D eigenvalue weighted by molar-refractivity contribution is -0.116. The van der Waals surface area contributed by atoms with E-state index in [1.165, 1.54) is 0 Å². The first-order chi connectivity index (χ1) is 8.56. The zero-order chi connectivity index (χ0) is 13.1. The van der Waals surface area contributed by atoms with Crippen molar-refractivity contribution in [2.75, 3.05) is 0 Å². The monoisotopic (exact) mass is 243 g/mol. The second kappa shape index (κ2) is 5.04. The Kier molecular flexibility index (Phi) is 3.46. The highest BCUT2D eigenvalue weighted by Crippen LogP contribution is 2.08. The topological polar surface area (TPSA) is 46.4 Å². The Morgan fingerprint density at radius 2 is 2.22 bits per heavy atom. The van der Waals surface area contributed by atoms with Crippen LogP contribution in [0, 0.1) is 6.92 Å². The molecule has 2 aromatic heterocycles. The van der Waals surface area contributed by atoms with Gasteiger partial charge >= 0.3 is 0 Å². The predicted octanol–water partition coefficient (Wildman–Crippen LogP) is 2.23. The molecule has 0 saturated heterocycles. The molecule has 0 aromatic carbocycles. The van der Waals surface area contributed by atoms with Crippen molar-refractivity contribution in [3.63, 3.8) is 0 Å². The first-order valence-corrected chi connectivity index (χ1v) is 5.92. The van der Waals surface area contributed by atoms with Gasteiger partial charge in [-0.25, -0.2) is 4.98 Å². The van der Waals surface area contributed by atoms with Crippen LogP contribution in [-0.4, -0.2) is 15.3 Å². The van der Waals surface area contributed by atoms with E-state index < -0.39 is 0 Å². The SMILES string of the molecule is CC(C)=CC(=O)NCc1cn2c(C)cccc2n1. The molecule has 94 valence electrons. The van der Waals surface area contributed by atoms with Crippen LogP contribution in [0.4, 0.5) is 0 Å². The number of fused-ring (bicyclic) bond motifs is 1. The summed E-state index contributed by atoms with van der Waals surface area (Å²) in [6.07, 6.45) is 3.54. The molecule has 0 bridgehead atoms. The van der Waals surface area contributed by atoms with Crippen LogP contribution in [0.25, 0.3) is 5.65 Å². The van der Waals surface area contributed by atoms with E-state index in [1.807, 2.05) is 49.6 Å². The fourth-order valence-electron chi connectivity index (χ4n) is 1.77. The molecule has 4 nitrogen and oxygen atoms in total. The van der Waals surface area contributed by atoms with E-state index in [0.29, 0.717) is 6.54 Å². The second-order valence-electron chi connectivity index (χ2n) is 4.57. The summed E-state index contributed by atoms with van der Waals surface area (Å²) in [5.41, 5.74) is 3.88. The smallest absolute Gasteiger partial charge is 0.244 e. The summed E-state index contributed by atoms with van der Waals surface area (Å²) in [5, 5.41) is 2.82.